The van der Waals surface area contributed by atoms with Gasteiger partial charge in [-0.3, -0.25) is 23.4 Å². The molecule has 0 atom stereocenters. The Balaban J connectivity index is 1.43. The Bertz CT molecular complexity index is 1600. The van der Waals surface area contributed by atoms with Crippen LogP contribution in [0.2, 0.25) is 0 Å². The Morgan fingerprint density at radius 2 is 1.46 bits per heavy atom. The summed E-state index contributed by atoms with van der Waals surface area (Å²) in [6.07, 6.45) is 0. The molecular formula is C24H23N5O5S. The van der Waals surface area contributed by atoms with Gasteiger partial charge in [0.2, 0.25) is 5.91 Å². The van der Waals surface area contributed by atoms with Gasteiger partial charge in [-0.1, -0.05) is 12.1 Å². The van der Waals surface area contributed by atoms with Crippen LogP contribution in [0.15, 0.2) is 76.4 Å². The second kappa shape index (κ2) is 9.11. The van der Waals surface area contributed by atoms with Gasteiger partial charge in [0, 0.05) is 31.8 Å². The van der Waals surface area contributed by atoms with Crippen LogP contribution in [-0.2, 0) is 30.7 Å². The number of rotatable bonds is 7. The highest BCUT2D eigenvalue weighted by Gasteiger charge is 2.16. The van der Waals surface area contributed by atoms with Crippen LogP contribution in [0.5, 0.6) is 0 Å². The van der Waals surface area contributed by atoms with Gasteiger partial charge < -0.3 is 11.1 Å². The molecule has 1 heterocycles. The minimum atomic E-state index is -3.87. The molecule has 0 saturated carbocycles. The van der Waals surface area contributed by atoms with E-state index in [0.29, 0.717) is 33.4 Å². The number of nitrogens with zero attached hydrogens (tertiary/aromatic N) is 2. The zero-order valence-corrected chi connectivity index (χ0v) is 19.8. The van der Waals surface area contributed by atoms with Crippen molar-refractivity contribution in [1.82, 2.24) is 14.5 Å². The zero-order valence-electron chi connectivity index (χ0n) is 19.0. The summed E-state index contributed by atoms with van der Waals surface area (Å²) in [7, 11) is -0.597. The van der Waals surface area contributed by atoms with Gasteiger partial charge in [0.05, 0.1) is 21.6 Å². The predicted octanol–water partition coefficient (Wildman–Crippen LogP) is 1.71. The highest BCUT2D eigenvalue weighted by atomic mass is 32.2. The first-order chi connectivity index (χ1) is 16.6. The van der Waals surface area contributed by atoms with Crippen LogP contribution < -0.4 is 21.5 Å². The van der Waals surface area contributed by atoms with Gasteiger partial charge in [-0.05, 0) is 60.2 Å². The Morgan fingerprint density at radius 1 is 0.857 bits per heavy atom. The van der Waals surface area contributed by atoms with Gasteiger partial charge in [-0.2, -0.15) is 0 Å². The molecule has 0 fully saturated rings. The number of nitrogens with one attached hydrogen (secondary N) is 2. The molecule has 0 aliphatic carbocycles. The molecule has 0 radical (unpaired) electrons. The predicted molar refractivity (Wildman–Crippen MR) is 132 cm³/mol. The largest absolute Gasteiger partial charge is 0.366 e. The van der Waals surface area contributed by atoms with Crippen molar-refractivity contribution in [2.75, 3.05) is 4.72 Å². The van der Waals surface area contributed by atoms with E-state index in [1.807, 2.05) is 0 Å². The molecule has 4 N–H and O–H groups in total. The fourth-order valence-corrected chi connectivity index (χ4v) is 4.69. The van der Waals surface area contributed by atoms with Gasteiger partial charge in [-0.15, -0.1) is 0 Å². The number of amides is 2. The molecule has 2 amide bonds. The summed E-state index contributed by atoms with van der Waals surface area (Å²) >= 11 is 0. The fourth-order valence-electron chi connectivity index (χ4n) is 3.64. The quantitative estimate of drug-likeness (QED) is 0.359. The molecule has 0 bridgehead atoms. The van der Waals surface area contributed by atoms with Gasteiger partial charge in [0.25, 0.3) is 15.9 Å². The smallest absolute Gasteiger partial charge is 0.328 e. The van der Waals surface area contributed by atoms with Crippen LogP contribution in [0.4, 0.5) is 5.69 Å². The maximum absolute atomic E-state index is 12.8. The zero-order chi connectivity index (χ0) is 25.3. The molecule has 0 unspecified atom stereocenters. The van der Waals surface area contributed by atoms with E-state index < -0.39 is 15.9 Å². The van der Waals surface area contributed by atoms with Crippen LogP contribution in [0.1, 0.15) is 26.3 Å². The summed E-state index contributed by atoms with van der Waals surface area (Å²) in [6.45, 7) is 0.183. The molecule has 0 spiro atoms. The van der Waals surface area contributed by atoms with Crippen molar-refractivity contribution in [1.29, 1.82) is 0 Å². The number of benzene rings is 3. The number of hydrogen-bond donors (Lipinski definition) is 3. The Labute approximate surface area is 201 Å². The number of carbonyl (C=O) groups excluding carboxylic acids is 2. The second-order valence-electron chi connectivity index (χ2n) is 7.98. The second-order valence-corrected chi connectivity index (χ2v) is 9.66. The van der Waals surface area contributed by atoms with E-state index >= 15 is 0 Å². The van der Waals surface area contributed by atoms with Crippen LogP contribution in [0.3, 0.4) is 0 Å². The lowest BCUT2D eigenvalue weighted by Gasteiger charge is -2.10. The average Bonchev–Trinajstić information content (AvgIpc) is 3.06. The van der Waals surface area contributed by atoms with Gasteiger partial charge in [0.1, 0.15) is 0 Å². The number of carbonyl (C=O) groups is 2. The lowest BCUT2D eigenvalue weighted by atomic mass is 10.1. The number of imidazole rings is 1. The lowest BCUT2D eigenvalue weighted by Crippen LogP contribution is -2.23. The van der Waals surface area contributed by atoms with Crippen molar-refractivity contribution in [3.63, 3.8) is 0 Å². The Hall–Kier alpha value is -4.38. The maximum atomic E-state index is 12.8. The monoisotopic (exact) mass is 493 g/mol. The van der Waals surface area contributed by atoms with Crippen LogP contribution >= 0.6 is 0 Å². The number of primary amides is 1. The molecule has 0 saturated heterocycles. The number of aromatic nitrogens is 2. The van der Waals surface area contributed by atoms with Crippen molar-refractivity contribution < 1.29 is 18.0 Å². The highest BCUT2D eigenvalue weighted by molar-refractivity contribution is 7.92. The first-order valence-corrected chi connectivity index (χ1v) is 12.0. The van der Waals surface area contributed by atoms with E-state index in [4.69, 9.17) is 5.73 Å². The molecule has 35 heavy (non-hydrogen) atoms. The SMILES string of the molecule is Cn1c(=O)n(C)c2cc(NS(=O)(=O)c3ccc(CNC(=O)c4ccc(C(N)=O)cc4)cc3)ccc21. The minimum Gasteiger partial charge on any atom is -0.366 e. The van der Waals surface area contributed by atoms with Crippen LogP contribution in [0, 0.1) is 0 Å². The molecule has 10 nitrogen and oxygen atoms in total. The van der Waals surface area contributed by atoms with E-state index in [2.05, 4.69) is 10.0 Å². The average molecular weight is 494 g/mol. The number of anilines is 1. The summed E-state index contributed by atoms with van der Waals surface area (Å²) in [5.41, 5.74) is 7.99. The van der Waals surface area contributed by atoms with Crippen molar-refractivity contribution in [3.8, 4) is 0 Å². The van der Waals surface area contributed by atoms with Crippen molar-refractivity contribution in [2.24, 2.45) is 19.8 Å². The summed E-state index contributed by atoms with van der Waals surface area (Å²) in [5, 5.41) is 2.74. The number of nitrogens with two attached hydrogens (primary N) is 1. The molecule has 4 aromatic rings. The van der Waals surface area contributed by atoms with E-state index in [-0.39, 0.29) is 23.0 Å². The number of sulfonamides is 1. The third-order valence-corrected chi connectivity index (χ3v) is 7.04. The number of hydrogen-bond acceptors (Lipinski definition) is 5. The van der Waals surface area contributed by atoms with E-state index in [1.54, 1.807) is 44.4 Å². The molecule has 180 valence electrons. The minimum absolute atomic E-state index is 0.0525. The third kappa shape index (κ3) is 4.80. The molecule has 4 rings (SSSR count). The van der Waals surface area contributed by atoms with Crippen LogP contribution in [-0.4, -0.2) is 29.4 Å². The third-order valence-electron chi connectivity index (χ3n) is 5.64. The summed E-state index contributed by atoms with van der Waals surface area (Å²) < 4.78 is 31.2. The van der Waals surface area contributed by atoms with Gasteiger partial charge in [-0.25, -0.2) is 13.2 Å². The van der Waals surface area contributed by atoms with Crippen molar-refractivity contribution >= 4 is 38.6 Å². The van der Waals surface area contributed by atoms with Gasteiger partial charge >= 0.3 is 5.69 Å². The van der Waals surface area contributed by atoms with Crippen molar-refractivity contribution in [2.45, 2.75) is 11.4 Å². The maximum Gasteiger partial charge on any atom is 0.328 e. The fraction of sp³-hybridized carbons (Fsp3) is 0.125. The summed E-state index contributed by atoms with van der Waals surface area (Å²) in [6, 6.07) is 16.9. The van der Waals surface area contributed by atoms with E-state index in [9.17, 15) is 22.8 Å². The molecule has 3 aromatic carbocycles. The normalized spacial score (nSPS) is 11.4. The standard InChI is InChI=1S/C24H23N5O5S/c1-28-20-12-9-18(13-21(20)29(2)24(28)32)27-35(33,34)19-10-3-15(4-11-19)14-26-23(31)17-7-5-16(6-8-17)22(25)30/h3-13,27H,14H2,1-2H3,(H2,25,30)(H,26,31). The Kier molecular flexibility index (Phi) is 6.18. The molecule has 0 aliphatic rings. The topological polar surface area (TPSA) is 145 Å². The molecule has 11 heteroatoms. The summed E-state index contributed by atoms with van der Waals surface area (Å²) in [4.78, 5) is 35.6. The van der Waals surface area contributed by atoms with E-state index in [0.717, 1.165) is 0 Å². The number of aryl methyl sites for hydroxylation is 2. The first-order valence-electron chi connectivity index (χ1n) is 10.5. The van der Waals surface area contributed by atoms with Gasteiger partial charge in [0.15, 0.2) is 0 Å². The van der Waals surface area contributed by atoms with Crippen LogP contribution in [0.25, 0.3) is 11.0 Å². The lowest BCUT2D eigenvalue weighted by molar-refractivity contribution is 0.0948. The molecule has 0 aliphatic heterocycles. The first kappa shape index (κ1) is 23.8. The highest BCUT2D eigenvalue weighted by Crippen LogP contribution is 2.21. The van der Waals surface area contributed by atoms with E-state index in [1.165, 1.54) is 45.5 Å². The van der Waals surface area contributed by atoms with Crippen molar-refractivity contribution in [3.05, 3.63) is 93.9 Å². The molecular weight excluding hydrogens is 470 g/mol. The molecule has 1 aromatic heterocycles. The summed E-state index contributed by atoms with van der Waals surface area (Å²) in [5.74, 6) is -0.919. The Morgan fingerprint density at radius 3 is 2.09 bits per heavy atom. The number of fused-ring (bicyclic) bond motifs is 1.